The average molecular weight is 263 g/mol. The van der Waals surface area contributed by atoms with Crippen LogP contribution >= 0.6 is 0 Å². The Bertz CT molecular complexity index is 439. The summed E-state index contributed by atoms with van der Waals surface area (Å²) in [6.45, 7) is 4.09. The molecule has 1 aromatic carbocycles. The average Bonchev–Trinajstić information content (AvgIpc) is 2.39. The van der Waals surface area contributed by atoms with E-state index in [2.05, 4.69) is 4.90 Å². The van der Waals surface area contributed by atoms with Crippen LogP contribution in [0.1, 0.15) is 30.1 Å². The fourth-order valence-corrected chi connectivity index (χ4v) is 2.59. The number of β-amino-alcohol motifs (C(OH)–C–C–N with tert-alkyl or cyclic N) is 1. The third-order valence-corrected chi connectivity index (χ3v) is 3.79. The third-order valence-electron chi connectivity index (χ3n) is 3.79. The monoisotopic (exact) mass is 263 g/mol. The van der Waals surface area contributed by atoms with E-state index in [9.17, 15) is 9.90 Å². The molecule has 0 amide bonds. The fourth-order valence-electron chi connectivity index (χ4n) is 2.59. The Morgan fingerprint density at radius 1 is 1.42 bits per heavy atom. The van der Waals surface area contributed by atoms with Gasteiger partial charge in [0.05, 0.1) is 12.0 Å². The molecular weight excluding hydrogens is 242 g/mol. The second-order valence-corrected chi connectivity index (χ2v) is 5.34. The van der Waals surface area contributed by atoms with Crippen molar-refractivity contribution in [2.45, 2.75) is 25.9 Å². The van der Waals surface area contributed by atoms with Crippen LogP contribution in [0.2, 0.25) is 0 Å². The lowest BCUT2D eigenvalue weighted by molar-refractivity contribution is -0.143. The normalized spacial score (nSPS) is 19.3. The van der Waals surface area contributed by atoms with E-state index in [4.69, 9.17) is 5.11 Å². The van der Waals surface area contributed by atoms with E-state index in [0.29, 0.717) is 19.4 Å². The van der Waals surface area contributed by atoms with Crippen molar-refractivity contribution in [1.29, 1.82) is 0 Å². The summed E-state index contributed by atoms with van der Waals surface area (Å²) in [5.74, 6) is -0.911. The van der Waals surface area contributed by atoms with Crippen molar-refractivity contribution in [2.24, 2.45) is 5.92 Å². The minimum atomic E-state index is -0.695. The van der Waals surface area contributed by atoms with Crippen LogP contribution in [0.15, 0.2) is 24.3 Å². The highest BCUT2D eigenvalue weighted by molar-refractivity contribution is 5.70. The highest BCUT2D eigenvalue weighted by Crippen LogP contribution is 2.21. The summed E-state index contributed by atoms with van der Waals surface area (Å²) >= 11 is 0. The summed E-state index contributed by atoms with van der Waals surface area (Å²) in [7, 11) is 0. The molecule has 104 valence electrons. The van der Waals surface area contributed by atoms with Gasteiger partial charge >= 0.3 is 5.97 Å². The Morgan fingerprint density at radius 2 is 2.11 bits per heavy atom. The van der Waals surface area contributed by atoms with Crippen molar-refractivity contribution in [3.05, 3.63) is 35.4 Å². The molecule has 1 saturated heterocycles. The van der Waals surface area contributed by atoms with Gasteiger partial charge in [0.15, 0.2) is 0 Å². The lowest BCUT2D eigenvalue weighted by Gasteiger charge is -2.31. The molecule has 4 nitrogen and oxygen atoms in total. The van der Waals surface area contributed by atoms with Crippen molar-refractivity contribution >= 4 is 5.97 Å². The Hall–Kier alpha value is -1.39. The first-order chi connectivity index (χ1) is 9.06. The molecule has 1 aliphatic heterocycles. The van der Waals surface area contributed by atoms with E-state index >= 15 is 0 Å². The number of hydrogen-bond acceptors (Lipinski definition) is 3. The van der Waals surface area contributed by atoms with Crippen LogP contribution in [0.3, 0.4) is 0 Å². The number of aryl methyl sites for hydroxylation is 1. The molecule has 4 heteroatoms. The molecule has 2 N–H and O–H groups in total. The molecule has 2 rings (SSSR count). The standard InChI is InChI=1S/C15H21NO3/c1-11-3-2-4-13(9-11)14(17)10-16-7-5-12(6-8-16)15(18)19/h2-4,9,12,14,17H,5-8,10H2,1H3,(H,18,19). The van der Waals surface area contributed by atoms with Crippen LogP contribution in [-0.4, -0.2) is 40.7 Å². The summed E-state index contributed by atoms with van der Waals surface area (Å²) in [4.78, 5) is 13.0. The number of carbonyl (C=O) groups is 1. The second kappa shape index (κ2) is 6.17. The molecule has 1 unspecified atom stereocenters. The molecule has 1 atom stereocenters. The van der Waals surface area contributed by atoms with Crippen molar-refractivity contribution in [3.63, 3.8) is 0 Å². The number of aliphatic carboxylic acids is 1. The second-order valence-electron chi connectivity index (χ2n) is 5.34. The Morgan fingerprint density at radius 3 is 2.68 bits per heavy atom. The van der Waals surface area contributed by atoms with E-state index in [1.165, 1.54) is 0 Å². The van der Waals surface area contributed by atoms with Gasteiger partial charge in [-0.2, -0.15) is 0 Å². The number of benzene rings is 1. The van der Waals surface area contributed by atoms with Crippen LogP contribution < -0.4 is 0 Å². The molecule has 19 heavy (non-hydrogen) atoms. The first-order valence-electron chi connectivity index (χ1n) is 6.76. The summed E-state index contributed by atoms with van der Waals surface area (Å²) in [5, 5.41) is 19.2. The quantitative estimate of drug-likeness (QED) is 0.870. The van der Waals surface area contributed by atoms with Gasteiger partial charge in [0.1, 0.15) is 0 Å². The zero-order valence-corrected chi connectivity index (χ0v) is 11.2. The van der Waals surface area contributed by atoms with Gasteiger partial charge in [-0.05, 0) is 38.4 Å². The molecule has 0 bridgehead atoms. The molecule has 0 spiro atoms. The Labute approximate surface area is 113 Å². The van der Waals surface area contributed by atoms with Gasteiger partial charge in [-0.1, -0.05) is 29.8 Å². The van der Waals surface area contributed by atoms with Gasteiger partial charge in [-0.25, -0.2) is 0 Å². The number of nitrogens with zero attached hydrogens (tertiary/aromatic N) is 1. The molecule has 0 aliphatic carbocycles. The molecule has 1 aliphatic rings. The maximum Gasteiger partial charge on any atom is 0.306 e. The largest absolute Gasteiger partial charge is 0.481 e. The van der Waals surface area contributed by atoms with Crippen molar-refractivity contribution in [3.8, 4) is 0 Å². The number of carboxylic acid groups (broad SMARTS) is 1. The number of hydrogen-bond donors (Lipinski definition) is 2. The number of aliphatic hydroxyl groups is 1. The molecule has 0 aromatic heterocycles. The van der Waals surface area contributed by atoms with E-state index in [-0.39, 0.29) is 5.92 Å². The minimum Gasteiger partial charge on any atom is -0.481 e. The molecule has 0 radical (unpaired) electrons. The highest BCUT2D eigenvalue weighted by Gasteiger charge is 2.25. The van der Waals surface area contributed by atoms with E-state index in [1.54, 1.807) is 0 Å². The van der Waals surface area contributed by atoms with Crippen LogP contribution in [0.5, 0.6) is 0 Å². The van der Waals surface area contributed by atoms with Gasteiger partial charge in [0.2, 0.25) is 0 Å². The van der Waals surface area contributed by atoms with Crippen LogP contribution in [0.4, 0.5) is 0 Å². The van der Waals surface area contributed by atoms with Crippen LogP contribution in [0, 0.1) is 12.8 Å². The predicted molar refractivity (Wildman–Crippen MR) is 72.9 cm³/mol. The summed E-state index contributed by atoms with van der Waals surface area (Å²) in [6.07, 6.45) is 0.854. The van der Waals surface area contributed by atoms with Gasteiger partial charge in [-0.15, -0.1) is 0 Å². The molecule has 1 fully saturated rings. The smallest absolute Gasteiger partial charge is 0.306 e. The van der Waals surface area contributed by atoms with Crippen molar-refractivity contribution < 1.29 is 15.0 Å². The van der Waals surface area contributed by atoms with Gasteiger partial charge in [-0.3, -0.25) is 4.79 Å². The van der Waals surface area contributed by atoms with Crippen LogP contribution in [0.25, 0.3) is 0 Å². The van der Waals surface area contributed by atoms with E-state index in [1.807, 2.05) is 31.2 Å². The first kappa shape index (κ1) is 14.0. The fraction of sp³-hybridized carbons (Fsp3) is 0.533. The van der Waals surface area contributed by atoms with E-state index in [0.717, 1.165) is 24.2 Å². The topological polar surface area (TPSA) is 60.8 Å². The maximum absolute atomic E-state index is 10.9. The number of rotatable bonds is 4. The van der Waals surface area contributed by atoms with Crippen molar-refractivity contribution in [2.75, 3.05) is 19.6 Å². The SMILES string of the molecule is Cc1cccc(C(O)CN2CCC(C(=O)O)CC2)c1. The Kier molecular flexibility index (Phi) is 4.56. The first-order valence-corrected chi connectivity index (χ1v) is 6.76. The zero-order chi connectivity index (χ0) is 13.8. The van der Waals surface area contributed by atoms with Crippen molar-refractivity contribution in [1.82, 2.24) is 4.90 Å². The molecule has 1 aromatic rings. The Balaban J connectivity index is 1.87. The highest BCUT2D eigenvalue weighted by atomic mass is 16.4. The number of aliphatic hydroxyl groups excluding tert-OH is 1. The lowest BCUT2D eigenvalue weighted by atomic mass is 9.96. The maximum atomic E-state index is 10.9. The number of likely N-dealkylation sites (tertiary alicyclic amines) is 1. The van der Waals surface area contributed by atoms with Gasteiger partial charge < -0.3 is 15.1 Å². The summed E-state index contributed by atoms with van der Waals surface area (Å²) in [6, 6.07) is 7.88. The van der Waals surface area contributed by atoms with E-state index < -0.39 is 12.1 Å². The van der Waals surface area contributed by atoms with Gasteiger partial charge in [0, 0.05) is 6.54 Å². The zero-order valence-electron chi connectivity index (χ0n) is 11.2. The molecular formula is C15H21NO3. The van der Waals surface area contributed by atoms with Gasteiger partial charge in [0.25, 0.3) is 0 Å². The third kappa shape index (κ3) is 3.78. The molecule has 1 heterocycles. The summed E-state index contributed by atoms with van der Waals surface area (Å²) < 4.78 is 0. The number of carboxylic acids is 1. The molecule has 0 saturated carbocycles. The predicted octanol–water partition coefficient (Wildman–Crippen LogP) is 1.83. The number of piperidine rings is 1. The summed E-state index contributed by atoms with van der Waals surface area (Å²) in [5.41, 5.74) is 2.07. The van der Waals surface area contributed by atoms with Crippen LogP contribution in [-0.2, 0) is 4.79 Å². The lowest BCUT2D eigenvalue weighted by Crippen LogP contribution is -2.38. The minimum absolute atomic E-state index is 0.215.